The normalized spacial score (nSPS) is 17.0. The minimum atomic E-state index is -0.451. The van der Waals surface area contributed by atoms with Crippen molar-refractivity contribution in [3.63, 3.8) is 0 Å². The highest BCUT2D eigenvalue weighted by Crippen LogP contribution is 2.40. The average molecular weight is 448 g/mol. The van der Waals surface area contributed by atoms with E-state index in [2.05, 4.69) is 37.1 Å². The zero-order valence-corrected chi connectivity index (χ0v) is 19.1. The molecule has 0 radical (unpaired) electrons. The minimum absolute atomic E-state index is 0.121. The van der Waals surface area contributed by atoms with Crippen LogP contribution in [0.2, 0.25) is 0 Å². The van der Waals surface area contributed by atoms with E-state index in [0.717, 1.165) is 40.9 Å². The molecule has 4 aromatic rings. The van der Waals surface area contributed by atoms with Crippen LogP contribution >= 0.6 is 11.3 Å². The zero-order chi connectivity index (χ0) is 22.5. The summed E-state index contributed by atoms with van der Waals surface area (Å²) in [6, 6.07) is 11.6. The number of para-hydroxylation sites is 1. The molecule has 0 fully saturated rings. The van der Waals surface area contributed by atoms with E-state index in [1.807, 2.05) is 30.3 Å². The van der Waals surface area contributed by atoms with Gasteiger partial charge in [0, 0.05) is 29.1 Å². The second kappa shape index (κ2) is 7.70. The third kappa shape index (κ3) is 3.75. The van der Waals surface area contributed by atoms with E-state index in [-0.39, 0.29) is 11.3 Å². The molecule has 164 valence electrons. The molecule has 1 aliphatic rings. The number of nitrogens with two attached hydrogens (primary N) is 1. The Morgan fingerprint density at radius 2 is 2.06 bits per heavy atom. The quantitative estimate of drug-likeness (QED) is 0.293. The highest BCUT2D eigenvalue weighted by atomic mass is 32.1. The number of benzene rings is 1. The van der Waals surface area contributed by atoms with Crippen molar-refractivity contribution in [3.8, 4) is 5.69 Å². The zero-order valence-electron chi connectivity index (χ0n) is 18.3. The number of aromatic nitrogens is 3. The van der Waals surface area contributed by atoms with Gasteiger partial charge >= 0.3 is 5.88 Å². The number of aliphatic imine (C=N–C) groups is 1. The first-order valence-corrected chi connectivity index (χ1v) is 11.5. The number of thiophene rings is 1. The van der Waals surface area contributed by atoms with Gasteiger partial charge < -0.3 is 10.8 Å². The lowest BCUT2D eigenvalue weighted by atomic mass is 9.71. The van der Waals surface area contributed by atoms with Crippen LogP contribution < -0.4 is 15.5 Å². The van der Waals surface area contributed by atoms with Crippen LogP contribution in [0.3, 0.4) is 0 Å². The molecule has 1 unspecified atom stereocenters. The molecular formula is C24H25N5O2S. The van der Waals surface area contributed by atoms with E-state index < -0.39 is 5.90 Å². The van der Waals surface area contributed by atoms with Crippen LogP contribution in [-0.4, -0.2) is 16.2 Å². The summed E-state index contributed by atoms with van der Waals surface area (Å²) >= 11 is 1.29. The first-order chi connectivity index (χ1) is 15.3. The number of hydrogen-bond donors (Lipinski definition) is 1. The van der Waals surface area contributed by atoms with Crippen molar-refractivity contribution in [2.45, 2.75) is 40.0 Å². The SMILES string of the molecule is CC(C)(C)C1CCc2nc3sc(/C([O-])=N/c4c[n+](-c5ccccc5)no4)c(N)c3cc2C1. The van der Waals surface area contributed by atoms with E-state index in [0.29, 0.717) is 16.5 Å². The maximum atomic E-state index is 12.9. The largest absolute Gasteiger partial charge is 0.857 e. The molecule has 5 rings (SSSR count). The Morgan fingerprint density at radius 1 is 1.28 bits per heavy atom. The highest BCUT2D eigenvalue weighted by Gasteiger charge is 2.30. The topological polar surface area (TPSA) is 104 Å². The molecule has 1 aliphatic carbocycles. The molecule has 8 heteroatoms. The molecule has 0 aliphatic heterocycles. The van der Waals surface area contributed by atoms with Crippen molar-refractivity contribution < 1.29 is 14.3 Å². The monoisotopic (exact) mass is 447 g/mol. The third-order valence-corrected chi connectivity index (χ3v) is 7.30. The minimum Gasteiger partial charge on any atom is -0.857 e. The van der Waals surface area contributed by atoms with Gasteiger partial charge in [0.25, 0.3) is 6.20 Å². The van der Waals surface area contributed by atoms with Gasteiger partial charge in [0.15, 0.2) is 0 Å². The van der Waals surface area contributed by atoms with Crippen molar-refractivity contribution in [2.24, 2.45) is 16.3 Å². The van der Waals surface area contributed by atoms with E-state index in [1.54, 1.807) is 6.20 Å². The number of pyridine rings is 1. The smallest absolute Gasteiger partial charge is 0.321 e. The van der Waals surface area contributed by atoms with Gasteiger partial charge in [-0.05, 0) is 46.9 Å². The Balaban J connectivity index is 1.47. The summed E-state index contributed by atoms with van der Waals surface area (Å²) in [5.41, 5.74) is 10.2. The lowest BCUT2D eigenvalue weighted by molar-refractivity contribution is -0.670. The van der Waals surface area contributed by atoms with Crippen molar-refractivity contribution in [3.05, 3.63) is 58.7 Å². The summed E-state index contributed by atoms with van der Waals surface area (Å²) < 4.78 is 6.75. The summed E-state index contributed by atoms with van der Waals surface area (Å²) in [6.07, 6.45) is 4.64. The summed E-state index contributed by atoms with van der Waals surface area (Å²) in [5.74, 6) is 0.274. The van der Waals surface area contributed by atoms with Crippen LogP contribution in [0.4, 0.5) is 11.6 Å². The van der Waals surface area contributed by atoms with Crippen molar-refractivity contribution >= 4 is 39.0 Å². The standard InChI is InChI=1S/C24H25N5O2S/c1-24(2,3)15-9-10-18-14(11-15)12-17-20(25)21(32-23(17)26-18)22(30)27-19-13-29(28-31-19)16-7-5-4-6-8-16/h4-8,12-13,15H,9-11H2,1-3H3,(H2-,25,27,28,30). The number of nitrogens with zero attached hydrogens (tertiary/aromatic N) is 4. The van der Waals surface area contributed by atoms with Crippen LogP contribution in [-0.2, 0) is 12.8 Å². The molecular weight excluding hydrogens is 422 g/mol. The fraction of sp³-hybridized carbons (Fsp3) is 0.333. The van der Waals surface area contributed by atoms with E-state index in [1.165, 1.54) is 21.6 Å². The van der Waals surface area contributed by atoms with Gasteiger partial charge in [-0.1, -0.05) is 39.0 Å². The van der Waals surface area contributed by atoms with Crippen LogP contribution in [0.5, 0.6) is 0 Å². The second-order valence-electron chi connectivity index (χ2n) is 9.33. The molecule has 7 nitrogen and oxygen atoms in total. The Hall–Kier alpha value is -3.26. The van der Waals surface area contributed by atoms with Crippen LogP contribution in [0.15, 0.2) is 52.1 Å². The van der Waals surface area contributed by atoms with Crippen LogP contribution in [0, 0.1) is 11.3 Å². The van der Waals surface area contributed by atoms with E-state index in [9.17, 15) is 5.11 Å². The number of hydrogen-bond acceptors (Lipinski definition) is 7. The van der Waals surface area contributed by atoms with Gasteiger partial charge in [0.1, 0.15) is 4.83 Å². The molecule has 0 saturated carbocycles. The van der Waals surface area contributed by atoms with E-state index >= 15 is 0 Å². The van der Waals surface area contributed by atoms with Gasteiger partial charge in [-0.3, -0.25) is 4.52 Å². The number of aryl methyl sites for hydroxylation is 1. The first kappa shape index (κ1) is 20.6. The maximum absolute atomic E-state index is 12.9. The summed E-state index contributed by atoms with van der Waals surface area (Å²) in [7, 11) is 0. The van der Waals surface area contributed by atoms with Gasteiger partial charge in [-0.2, -0.15) is 0 Å². The molecule has 1 atom stereocenters. The predicted octanol–water partition coefficient (Wildman–Crippen LogP) is 3.73. The molecule has 32 heavy (non-hydrogen) atoms. The number of anilines is 1. The highest BCUT2D eigenvalue weighted by molar-refractivity contribution is 7.21. The fourth-order valence-electron chi connectivity index (χ4n) is 4.23. The number of nitrogen functional groups attached to an aromatic ring is 1. The van der Waals surface area contributed by atoms with Crippen molar-refractivity contribution in [1.82, 2.24) is 10.3 Å². The number of fused-ring (bicyclic) bond motifs is 2. The lowest BCUT2D eigenvalue weighted by Gasteiger charge is -2.34. The molecule has 2 N–H and O–H groups in total. The molecule has 1 aromatic carbocycles. The molecule has 0 amide bonds. The first-order valence-electron chi connectivity index (χ1n) is 10.7. The maximum Gasteiger partial charge on any atom is 0.321 e. The van der Waals surface area contributed by atoms with Crippen molar-refractivity contribution in [2.75, 3.05) is 5.73 Å². The Morgan fingerprint density at radius 3 is 2.81 bits per heavy atom. The number of rotatable bonds is 3. The molecule has 3 aromatic heterocycles. The van der Waals surface area contributed by atoms with E-state index in [4.69, 9.17) is 15.2 Å². The van der Waals surface area contributed by atoms with Gasteiger partial charge in [0.05, 0.1) is 10.6 Å². The van der Waals surface area contributed by atoms with Gasteiger partial charge in [-0.25, -0.2) is 9.98 Å². The van der Waals surface area contributed by atoms with Crippen LogP contribution in [0.25, 0.3) is 15.9 Å². The Labute approximate surface area is 190 Å². The lowest BCUT2D eigenvalue weighted by Crippen LogP contribution is -2.30. The van der Waals surface area contributed by atoms with Gasteiger partial charge in [-0.15, -0.1) is 11.3 Å². The molecule has 3 heterocycles. The average Bonchev–Trinajstić information content (AvgIpc) is 3.36. The summed E-state index contributed by atoms with van der Waals surface area (Å²) in [5, 5.41) is 17.7. The fourth-order valence-corrected chi connectivity index (χ4v) is 5.21. The predicted molar refractivity (Wildman–Crippen MR) is 123 cm³/mol. The van der Waals surface area contributed by atoms with Crippen LogP contribution in [0.1, 0.15) is 43.3 Å². The van der Waals surface area contributed by atoms with Gasteiger partial charge in [0.2, 0.25) is 11.0 Å². The third-order valence-electron chi connectivity index (χ3n) is 6.19. The molecule has 0 spiro atoms. The Kier molecular flexibility index (Phi) is 4.97. The Bertz CT molecular complexity index is 1320. The second-order valence-corrected chi connectivity index (χ2v) is 10.3. The molecule has 0 saturated heterocycles. The summed E-state index contributed by atoms with van der Waals surface area (Å²) in [6.45, 7) is 6.87. The van der Waals surface area contributed by atoms with Crippen molar-refractivity contribution in [1.29, 1.82) is 0 Å². The summed E-state index contributed by atoms with van der Waals surface area (Å²) in [4.78, 5) is 10.1. The molecule has 0 bridgehead atoms.